The normalized spacial score (nSPS) is 10.4. The Morgan fingerprint density at radius 2 is 2.25 bits per heavy atom. The first-order chi connectivity index (χ1) is 5.83. The standard InChI is InChI=1S/C10H9ClO/c11-10-6-3-5-9(8-10)4-1-2-7-12/h1-3,5-8H,4H2/b2-1+. The predicted molar refractivity (Wildman–Crippen MR) is 50.4 cm³/mol. The molecule has 1 rings (SSSR count). The topological polar surface area (TPSA) is 17.1 Å². The van der Waals surface area contributed by atoms with Crippen LogP contribution < -0.4 is 0 Å². The molecule has 0 aliphatic carbocycles. The molecule has 0 heterocycles. The van der Waals surface area contributed by atoms with Crippen LogP contribution in [-0.2, 0) is 11.2 Å². The lowest BCUT2D eigenvalue weighted by Crippen LogP contribution is -1.79. The van der Waals surface area contributed by atoms with E-state index in [-0.39, 0.29) is 0 Å². The Hall–Kier alpha value is -1.08. The van der Waals surface area contributed by atoms with Crippen LogP contribution in [0.15, 0.2) is 36.4 Å². The van der Waals surface area contributed by atoms with E-state index in [1.807, 2.05) is 24.3 Å². The molecule has 0 amide bonds. The van der Waals surface area contributed by atoms with E-state index in [9.17, 15) is 4.79 Å². The van der Waals surface area contributed by atoms with E-state index in [1.54, 1.807) is 6.08 Å². The van der Waals surface area contributed by atoms with Gasteiger partial charge in [0.15, 0.2) is 0 Å². The fourth-order valence-corrected chi connectivity index (χ4v) is 1.14. The molecule has 0 fully saturated rings. The molecule has 0 radical (unpaired) electrons. The maximum absolute atomic E-state index is 9.95. The minimum absolute atomic E-state index is 0.729. The summed E-state index contributed by atoms with van der Waals surface area (Å²) in [5, 5.41) is 0.729. The Balaban J connectivity index is 2.63. The van der Waals surface area contributed by atoms with Gasteiger partial charge >= 0.3 is 0 Å². The first-order valence-electron chi connectivity index (χ1n) is 3.67. The van der Waals surface area contributed by atoms with Gasteiger partial charge in [-0.05, 0) is 30.2 Å². The maximum Gasteiger partial charge on any atom is 0.142 e. The molecule has 1 nitrogen and oxygen atoms in total. The number of benzene rings is 1. The first-order valence-corrected chi connectivity index (χ1v) is 4.05. The summed E-state index contributed by atoms with van der Waals surface area (Å²) in [7, 11) is 0. The summed E-state index contributed by atoms with van der Waals surface area (Å²) in [5.74, 6) is 0. The van der Waals surface area contributed by atoms with Gasteiger partial charge in [0.05, 0.1) is 0 Å². The second kappa shape index (κ2) is 4.73. The largest absolute Gasteiger partial charge is 0.299 e. The average molecular weight is 181 g/mol. The Labute approximate surface area is 76.7 Å². The highest BCUT2D eigenvalue weighted by Crippen LogP contribution is 2.10. The minimum atomic E-state index is 0.729. The van der Waals surface area contributed by atoms with E-state index in [4.69, 9.17) is 11.6 Å². The quantitative estimate of drug-likeness (QED) is 0.516. The van der Waals surface area contributed by atoms with Crippen LogP contribution in [0.1, 0.15) is 5.56 Å². The Kier molecular flexibility index (Phi) is 3.55. The zero-order valence-corrected chi connectivity index (χ0v) is 7.29. The number of hydrogen-bond acceptors (Lipinski definition) is 1. The summed E-state index contributed by atoms with van der Waals surface area (Å²) < 4.78 is 0. The van der Waals surface area contributed by atoms with Gasteiger partial charge in [0.25, 0.3) is 0 Å². The van der Waals surface area contributed by atoms with Gasteiger partial charge in [-0.1, -0.05) is 29.8 Å². The minimum Gasteiger partial charge on any atom is -0.299 e. The van der Waals surface area contributed by atoms with Crippen LogP contribution in [0.25, 0.3) is 0 Å². The van der Waals surface area contributed by atoms with Crippen molar-refractivity contribution in [2.75, 3.05) is 0 Å². The number of allylic oxidation sites excluding steroid dienone is 2. The lowest BCUT2D eigenvalue weighted by Gasteiger charge is -1.95. The number of hydrogen-bond donors (Lipinski definition) is 0. The molecule has 0 saturated carbocycles. The van der Waals surface area contributed by atoms with Crippen LogP contribution in [0.4, 0.5) is 0 Å². The molecule has 0 bridgehead atoms. The van der Waals surface area contributed by atoms with Crippen LogP contribution in [0, 0.1) is 0 Å². The van der Waals surface area contributed by atoms with Crippen molar-refractivity contribution in [2.45, 2.75) is 6.42 Å². The molecule has 1 aromatic carbocycles. The third kappa shape index (κ3) is 2.89. The van der Waals surface area contributed by atoms with Crippen LogP contribution in [0.3, 0.4) is 0 Å². The zero-order chi connectivity index (χ0) is 8.81. The van der Waals surface area contributed by atoms with Crippen molar-refractivity contribution in [1.29, 1.82) is 0 Å². The van der Waals surface area contributed by atoms with E-state index in [0.29, 0.717) is 0 Å². The molecule has 0 aromatic heterocycles. The third-order valence-electron chi connectivity index (χ3n) is 1.46. The second-order valence-corrected chi connectivity index (χ2v) is 2.83. The zero-order valence-electron chi connectivity index (χ0n) is 6.53. The van der Waals surface area contributed by atoms with Gasteiger partial charge in [-0.15, -0.1) is 0 Å². The van der Waals surface area contributed by atoms with E-state index < -0.39 is 0 Å². The van der Waals surface area contributed by atoms with Crippen LogP contribution in [0.5, 0.6) is 0 Å². The molecule has 0 unspecified atom stereocenters. The number of carbonyl (C=O) groups excluding carboxylic acids is 1. The average Bonchev–Trinajstić information content (AvgIpc) is 2.05. The van der Waals surface area contributed by atoms with Gasteiger partial charge in [-0.2, -0.15) is 0 Å². The third-order valence-corrected chi connectivity index (χ3v) is 1.69. The molecular weight excluding hydrogens is 172 g/mol. The number of rotatable bonds is 3. The number of aldehydes is 1. The van der Waals surface area contributed by atoms with Crippen LogP contribution in [0.2, 0.25) is 5.02 Å². The summed E-state index contributed by atoms with van der Waals surface area (Å²) in [6, 6.07) is 7.58. The van der Waals surface area contributed by atoms with Crippen molar-refractivity contribution in [3.63, 3.8) is 0 Å². The van der Waals surface area contributed by atoms with Gasteiger partial charge in [0.1, 0.15) is 6.29 Å². The number of halogens is 1. The second-order valence-electron chi connectivity index (χ2n) is 2.40. The van der Waals surface area contributed by atoms with E-state index in [1.165, 1.54) is 6.08 Å². The molecule has 1 aromatic rings. The fraction of sp³-hybridized carbons (Fsp3) is 0.100. The van der Waals surface area contributed by atoms with Crippen molar-refractivity contribution >= 4 is 17.9 Å². The molecule has 0 spiro atoms. The monoisotopic (exact) mass is 180 g/mol. The molecule has 2 heteroatoms. The van der Waals surface area contributed by atoms with Crippen molar-refractivity contribution in [3.05, 3.63) is 47.0 Å². The highest BCUT2D eigenvalue weighted by Gasteiger charge is 1.89. The molecule has 62 valence electrons. The molecule has 0 saturated heterocycles. The SMILES string of the molecule is O=C/C=C/Cc1cccc(Cl)c1. The summed E-state index contributed by atoms with van der Waals surface area (Å²) >= 11 is 5.76. The van der Waals surface area contributed by atoms with Gasteiger partial charge in [-0.25, -0.2) is 0 Å². The van der Waals surface area contributed by atoms with Crippen LogP contribution in [-0.4, -0.2) is 6.29 Å². The summed E-state index contributed by atoms with van der Waals surface area (Å²) in [6.45, 7) is 0. The molecule has 0 N–H and O–H groups in total. The van der Waals surface area contributed by atoms with E-state index in [0.717, 1.165) is 23.3 Å². The fourth-order valence-electron chi connectivity index (χ4n) is 0.924. The Morgan fingerprint density at radius 3 is 2.92 bits per heavy atom. The van der Waals surface area contributed by atoms with Crippen molar-refractivity contribution in [1.82, 2.24) is 0 Å². The Bertz CT molecular complexity index is 292. The maximum atomic E-state index is 9.95. The highest BCUT2D eigenvalue weighted by molar-refractivity contribution is 6.30. The summed E-state index contributed by atoms with van der Waals surface area (Å²) in [4.78, 5) is 9.95. The van der Waals surface area contributed by atoms with E-state index >= 15 is 0 Å². The van der Waals surface area contributed by atoms with Crippen molar-refractivity contribution in [2.24, 2.45) is 0 Å². The van der Waals surface area contributed by atoms with Gasteiger partial charge < -0.3 is 0 Å². The smallest absolute Gasteiger partial charge is 0.142 e. The molecule has 12 heavy (non-hydrogen) atoms. The lowest BCUT2D eigenvalue weighted by atomic mass is 10.1. The van der Waals surface area contributed by atoms with Crippen molar-refractivity contribution < 1.29 is 4.79 Å². The molecular formula is C10H9ClO. The number of carbonyl (C=O) groups is 1. The van der Waals surface area contributed by atoms with Crippen molar-refractivity contribution in [3.8, 4) is 0 Å². The van der Waals surface area contributed by atoms with Gasteiger partial charge in [-0.3, -0.25) is 4.79 Å². The summed E-state index contributed by atoms with van der Waals surface area (Å²) in [6.07, 6.45) is 4.81. The van der Waals surface area contributed by atoms with E-state index in [2.05, 4.69) is 0 Å². The Morgan fingerprint density at radius 1 is 1.42 bits per heavy atom. The molecule has 0 aliphatic heterocycles. The molecule has 0 atom stereocenters. The predicted octanol–water partition coefficient (Wildman–Crippen LogP) is 2.64. The summed E-state index contributed by atoms with van der Waals surface area (Å²) in [5.41, 5.74) is 1.11. The lowest BCUT2D eigenvalue weighted by molar-refractivity contribution is -0.104. The first kappa shape index (κ1) is 9.01. The van der Waals surface area contributed by atoms with Gasteiger partial charge in [0.2, 0.25) is 0 Å². The van der Waals surface area contributed by atoms with Gasteiger partial charge in [0, 0.05) is 5.02 Å². The van der Waals surface area contributed by atoms with Crippen LogP contribution >= 0.6 is 11.6 Å². The molecule has 0 aliphatic rings. The highest BCUT2D eigenvalue weighted by atomic mass is 35.5.